The molecule has 5 heteroatoms. The summed E-state index contributed by atoms with van der Waals surface area (Å²) in [5.74, 6) is -0.244. The van der Waals surface area contributed by atoms with Gasteiger partial charge in [-0.1, -0.05) is 48.0 Å². The van der Waals surface area contributed by atoms with Crippen molar-refractivity contribution >= 4 is 23.2 Å². The number of aliphatic hydroxyl groups is 1. The van der Waals surface area contributed by atoms with Crippen molar-refractivity contribution in [3.8, 4) is 0 Å². The van der Waals surface area contributed by atoms with Crippen LogP contribution in [0.15, 0.2) is 54.6 Å². The van der Waals surface area contributed by atoms with Gasteiger partial charge in [-0.05, 0) is 36.8 Å². The van der Waals surface area contributed by atoms with Crippen molar-refractivity contribution in [2.45, 2.75) is 13.5 Å². The summed E-state index contributed by atoms with van der Waals surface area (Å²) in [6, 6.07) is 17.1. The van der Waals surface area contributed by atoms with E-state index < -0.39 is 0 Å². The third kappa shape index (κ3) is 5.16. The van der Waals surface area contributed by atoms with Gasteiger partial charge in [0, 0.05) is 18.7 Å². The van der Waals surface area contributed by atoms with Gasteiger partial charge in [-0.25, -0.2) is 0 Å². The predicted molar refractivity (Wildman–Crippen MR) is 95.2 cm³/mol. The molecule has 0 radical (unpaired) electrons. The van der Waals surface area contributed by atoms with Gasteiger partial charge in [0.05, 0.1) is 6.61 Å². The fraction of sp³-hybridized carbons (Fsp3) is 0.222. The van der Waals surface area contributed by atoms with Gasteiger partial charge < -0.3 is 10.0 Å². The van der Waals surface area contributed by atoms with E-state index in [1.807, 2.05) is 49.4 Å². The van der Waals surface area contributed by atoms with Crippen LogP contribution in [-0.2, 0) is 6.54 Å². The lowest BCUT2D eigenvalue weighted by molar-refractivity contribution is 0.0971. The molecule has 1 amide bonds. The zero-order chi connectivity index (χ0) is 16.7. The van der Waals surface area contributed by atoms with Crippen LogP contribution in [0, 0.1) is 6.92 Å². The monoisotopic (exact) mass is 328 g/mol. The van der Waals surface area contributed by atoms with E-state index in [0.717, 1.165) is 11.1 Å². The molecule has 0 aliphatic rings. The normalized spacial score (nSPS) is 10.2. The van der Waals surface area contributed by atoms with Crippen molar-refractivity contribution in [1.29, 1.82) is 0 Å². The molecule has 0 atom stereocenters. The molecule has 23 heavy (non-hydrogen) atoms. The Morgan fingerprint density at radius 3 is 2.39 bits per heavy atom. The first-order valence-electron chi connectivity index (χ1n) is 7.42. The highest BCUT2D eigenvalue weighted by molar-refractivity contribution is 7.80. The first kappa shape index (κ1) is 17.1. The van der Waals surface area contributed by atoms with Crippen molar-refractivity contribution in [2.75, 3.05) is 13.2 Å². The van der Waals surface area contributed by atoms with E-state index in [1.54, 1.807) is 17.0 Å². The van der Waals surface area contributed by atoms with Gasteiger partial charge >= 0.3 is 0 Å². The largest absolute Gasteiger partial charge is 0.395 e. The van der Waals surface area contributed by atoms with Crippen LogP contribution in [0.4, 0.5) is 0 Å². The lowest BCUT2D eigenvalue weighted by Gasteiger charge is -2.24. The van der Waals surface area contributed by atoms with E-state index in [0.29, 0.717) is 23.8 Å². The molecular weight excluding hydrogens is 308 g/mol. The van der Waals surface area contributed by atoms with Crippen molar-refractivity contribution in [3.63, 3.8) is 0 Å². The highest BCUT2D eigenvalue weighted by Gasteiger charge is 2.14. The molecule has 2 aromatic carbocycles. The number of hydrogen-bond acceptors (Lipinski definition) is 3. The molecule has 0 aliphatic carbocycles. The molecule has 2 N–H and O–H groups in total. The minimum absolute atomic E-state index is 0.0343. The second-order valence-corrected chi connectivity index (χ2v) is 5.64. The minimum atomic E-state index is -0.244. The number of nitrogens with zero attached hydrogens (tertiary/aromatic N) is 1. The van der Waals surface area contributed by atoms with E-state index in [2.05, 4.69) is 5.32 Å². The quantitative estimate of drug-likeness (QED) is 0.828. The Labute approximate surface area is 141 Å². The topological polar surface area (TPSA) is 52.6 Å². The molecular formula is C18H20N2O2S. The Bertz CT molecular complexity index is 656. The SMILES string of the molecule is Cc1ccc(C(=O)NC(=S)N(CCO)Cc2ccccc2)cc1. The van der Waals surface area contributed by atoms with Crippen LogP contribution in [0.5, 0.6) is 0 Å². The number of nitrogens with one attached hydrogen (secondary N) is 1. The van der Waals surface area contributed by atoms with Crippen molar-refractivity contribution in [1.82, 2.24) is 10.2 Å². The zero-order valence-electron chi connectivity index (χ0n) is 13.0. The number of carbonyl (C=O) groups excluding carboxylic acids is 1. The molecule has 0 bridgehead atoms. The van der Waals surface area contributed by atoms with E-state index in [4.69, 9.17) is 12.2 Å². The molecule has 0 heterocycles. The maximum absolute atomic E-state index is 12.2. The number of aliphatic hydroxyl groups excluding tert-OH is 1. The zero-order valence-corrected chi connectivity index (χ0v) is 13.8. The molecule has 2 aromatic rings. The molecule has 0 aliphatic heterocycles. The Morgan fingerprint density at radius 2 is 1.78 bits per heavy atom. The average molecular weight is 328 g/mol. The minimum Gasteiger partial charge on any atom is -0.395 e. The van der Waals surface area contributed by atoms with Crippen molar-refractivity contribution in [2.24, 2.45) is 0 Å². The molecule has 4 nitrogen and oxygen atoms in total. The van der Waals surface area contributed by atoms with Gasteiger partial charge in [-0.15, -0.1) is 0 Å². The van der Waals surface area contributed by atoms with Gasteiger partial charge in [-0.2, -0.15) is 0 Å². The Hall–Kier alpha value is -2.24. The molecule has 0 fully saturated rings. The first-order chi connectivity index (χ1) is 11.1. The fourth-order valence-electron chi connectivity index (χ4n) is 2.13. The smallest absolute Gasteiger partial charge is 0.257 e. The number of amides is 1. The van der Waals surface area contributed by atoms with Gasteiger partial charge in [-0.3, -0.25) is 10.1 Å². The van der Waals surface area contributed by atoms with Crippen molar-refractivity contribution < 1.29 is 9.90 Å². The number of aryl methyl sites for hydroxylation is 1. The van der Waals surface area contributed by atoms with Gasteiger partial charge in [0.1, 0.15) is 0 Å². The third-order valence-electron chi connectivity index (χ3n) is 3.41. The van der Waals surface area contributed by atoms with E-state index in [1.165, 1.54) is 0 Å². The molecule has 0 unspecified atom stereocenters. The number of rotatable bonds is 5. The molecule has 2 rings (SSSR count). The average Bonchev–Trinajstić information content (AvgIpc) is 2.56. The van der Waals surface area contributed by atoms with E-state index >= 15 is 0 Å². The Kier molecular flexibility index (Phi) is 6.26. The van der Waals surface area contributed by atoms with Gasteiger partial charge in [0.15, 0.2) is 5.11 Å². The van der Waals surface area contributed by atoms with E-state index in [9.17, 15) is 9.90 Å². The Morgan fingerprint density at radius 1 is 1.13 bits per heavy atom. The summed E-state index contributed by atoms with van der Waals surface area (Å²) in [6.45, 7) is 2.83. The fourth-order valence-corrected chi connectivity index (χ4v) is 2.38. The van der Waals surface area contributed by atoms with Crippen LogP contribution in [0.2, 0.25) is 0 Å². The molecule has 0 spiro atoms. The lowest BCUT2D eigenvalue weighted by Crippen LogP contribution is -2.43. The summed E-state index contributed by atoms with van der Waals surface area (Å²) in [6.07, 6.45) is 0. The van der Waals surface area contributed by atoms with Gasteiger partial charge in [0.25, 0.3) is 5.91 Å². The summed E-state index contributed by atoms with van der Waals surface area (Å²) in [4.78, 5) is 14.0. The summed E-state index contributed by atoms with van der Waals surface area (Å²) < 4.78 is 0. The number of thiocarbonyl (C=S) groups is 1. The molecule has 120 valence electrons. The maximum atomic E-state index is 12.2. The van der Waals surface area contributed by atoms with Crippen LogP contribution in [0.3, 0.4) is 0 Å². The number of hydrogen-bond donors (Lipinski definition) is 2. The second kappa shape index (κ2) is 8.41. The summed E-state index contributed by atoms with van der Waals surface area (Å²) >= 11 is 5.32. The number of benzene rings is 2. The lowest BCUT2D eigenvalue weighted by atomic mass is 10.1. The summed E-state index contributed by atoms with van der Waals surface area (Å²) in [5.41, 5.74) is 2.71. The summed E-state index contributed by atoms with van der Waals surface area (Å²) in [7, 11) is 0. The third-order valence-corrected chi connectivity index (χ3v) is 3.77. The van der Waals surface area contributed by atoms with Crippen LogP contribution in [-0.4, -0.2) is 34.2 Å². The highest BCUT2D eigenvalue weighted by Crippen LogP contribution is 2.06. The van der Waals surface area contributed by atoms with E-state index in [-0.39, 0.29) is 12.5 Å². The van der Waals surface area contributed by atoms with Crippen molar-refractivity contribution in [3.05, 3.63) is 71.3 Å². The molecule has 0 saturated carbocycles. The Balaban J connectivity index is 2.02. The predicted octanol–water partition coefficient (Wildman–Crippen LogP) is 2.50. The van der Waals surface area contributed by atoms with Crippen LogP contribution in [0.25, 0.3) is 0 Å². The number of carbonyl (C=O) groups is 1. The summed E-state index contributed by atoms with van der Waals surface area (Å²) in [5, 5.41) is 12.3. The molecule has 0 saturated heterocycles. The second-order valence-electron chi connectivity index (χ2n) is 5.26. The van der Waals surface area contributed by atoms with Crippen LogP contribution >= 0.6 is 12.2 Å². The highest BCUT2D eigenvalue weighted by atomic mass is 32.1. The standard InChI is InChI=1S/C18H20N2O2S/c1-14-7-9-16(10-8-14)17(22)19-18(23)20(11-12-21)13-15-5-3-2-4-6-15/h2-10,21H,11-13H2,1H3,(H,19,22,23). The first-order valence-corrected chi connectivity index (χ1v) is 7.82. The van der Waals surface area contributed by atoms with Crippen LogP contribution < -0.4 is 5.32 Å². The van der Waals surface area contributed by atoms with Gasteiger partial charge in [0.2, 0.25) is 0 Å². The van der Waals surface area contributed by atoms with Crippen LogP contribution in [0.1, 0.15) is 21.5 Å². The molecule has 0 aromatic heterocycles. The maximum Gasteiger partial charge on any atom is 0.257 e.